The Morgan fingerprint density at radius 3 is 2.43 bits per heavy atom. The molecule has 0 aliphatic heterocycles. The van der Waals surface area contributed by atoms with E-state index in [1.807, 2.05) is 55.5 Å². The molecular formula is C22H24ClN3O2. The van der Waals surface area contributed by atoms with Crippen molar-refractivity contribution in [3.8, 4) is 11.4 Å². The summed E-state index contributed by atoms with van der Waals surface area (Å²) in [6, 6.07) is 15.4. The molecule has 1 aromatic heterocycles. The van der Waals surface area contributed by atoms with Crippen molar-refractivity contribution in [2.75, 3.05) is 0 Å². The third-order valence-corrected chi connectivity index (χ3v) is 4.81. The van der Waals surface area contributed by atoms with Gasteiger partial charge in [0.25, 0.3) is 0 Å². The maximum absolute atomic E-state index is 12.5. The van der Waals surface area contributed by atoms with Gasteiger partial charge in [-0.1, -0.05) is 72.6 Å². The SMILES string of the molecule is Cc1ccc(-c2noc(CCC(=O)NC(c3ccc(Cl)cc3)C(C)C)n2)cc1. The predicted octanol–water partition coefficient (Wildman–Crippen LogP) is 5.14. The summed E-state index contributed by atoms with van der Waals surface area (Å²) in [6.07, 6.45) is 0.683. The largest absolute Gasteiger partial charge is 0.349 e. The Morgan fingerprint density at radius 2 is 1.79 bits per heavy atom. The molecule has 0 aliphatic carbocycles. The Kier molecular flexibility index (Phi) is 6.47. The van der Waals surface area contributed by atoms with Crippen LogP contribution in [0.2, 0.25) is 5.02 Å². The minimum absolute atomic E-state index is 0.0521. The number of benzene rings is 2. The first kappa shape index (κ1) is 20.1. The minimum Gasteiger partial charge on any atom is -0.349 e. The highest BCUT2D eigenvalue weighted by molar-refractivity contribution is 6.30. The molecule has 5 nitrogen and oxygen atoms in total. The maximum Gasteiger partial charge on any atom is 0.227 e. The zero-order chi connectivity index (χ0) is 20.1. The molecule has 1 heterocycles. The molecule has 0 bridgehead atoms. The number of nitrogens with zero attached hydrogens (tertiary/aromatic N) is 2. The number of nitrogens with one attached hydrogen (secondary N) is 1. The van der Waals surface area contributed by atoms with Gasteiger partial charge in [0.2, 0.25) is 17.6 Å². The smallest absolute Gasteiger partial charge is 0.227 e. The van der Waals surface area contributed by atoms with E-state index < -0.39 is 0 Å². The molecule has 1 N–H and O–H groups in total. The highest BCUT2D eigenvalue weighted by atomic mass is 35.5. The third-order valence-electron chi connectivity index (χ3n) is 4.56. The van der Waals surface area contributed by atoms with Gasteiger partial charge in [-0.15, -0.1) is 0 Å². The van der Waals surface area contributed by atoms with Crippen molar-refractivity contribution in [1.29, 1.82) is 0 Å². The van der Waals surface area contributed by atoms with Crippen LogP contribution in [0.1, 0.15) is 43.3 Å². The van der Waals surface area contributed by atoms with Gasteiger partial charge in [0.05, 0.1) is 6.04 Å². The molecule has 1 unspecified atom stereocenters. The van der Waals surface area contributed by atoms with E-state index in [4.69, 9.17) is 16.1 Å². The van der Waals surface area contributed by atoms with Crippen LogP contribution in [0.3, 0.4) is 0 Å². The van der Waals surface area contributed by atoms with E-state index in [1.165, 1.54) is 5.56 Å². The van der Waals surface area contributed by atoms with Gasteiger partial charge in [-0.05, 0) is 30.5 Å². The van der Waals surface area contributed by atoms with Crippen LogP contribution in [0.4, 0.5) is 0 Å². The molecule has 0 spiro atoms. The maximum atomic E-state index is 12.5. The number of hydrogen-bond acceptors (Lipinski definition) is 4. The summed E-state index contributed by atoms with van der Waals surface area (Å²) in [7, 11) is 0. The van der Waals surface area contributed by atoms with Crippen molar-refractivity contribution in [2.24, 2.45) is 5.92 Å². The first-order valence-electron chi connectivity index (χ1n) is 9.37. The molecule has 0 aliphatic rings. The number of carbonyl (C=O) groups is 1. The fourth-order valence-corrected chi connectivity index (χ4v) is 3.07. The number of halogens is 1. The average Bonchev–Trinajstić information content (AvgIpc) is 3.15. The van der Waals surface area contributed by atoms with Gasteiger partial charge in [0.1, 0.15) is 0 Å². The molecule has 3 aromatic rings. The van der Waals surface area contributed by atoms with Crippen LogP contribution in [0.5, 0.6) is 0 Å². The number of amides is 1. The van der Waals surface area contributed by atoms with E-state index in [9.17, 15) is 4.79 Å². The Balaban J connectivity index is 1.59. The molecule has 3 rings (SSSR count). The molecule has 0 fully saturated rings. The molecule has 6 heteroatoms. The van der Waals surface area contributed by atoms with Crippen LogP contribution in [-0.2, 0) is 11.2 Å². The van der Waals surface area contributed by atoms with Crippen LogP contribution in [-0.4, -0.2) is 16.0 Å². The summed E-state index contributed by atoms with van der Waals surface area (Å²) in [5.41, 5.74) is 3.10. The first-order valence-corrected chi connectivity index (χ1v) is 9.74. The lowest BCUT2D eigenvalue weighted by Gasteiger charge is -2.23. The van der Waals surface area contributed by atoms with Crippen LogP contribution >= 0.6 is 11.6 Å². The average molecular weight is 398 g/mol. The molecule has 146 valence electrons. The number of rotatable bonds is 7. The van der Waals surface area contributed by atoms with Crippen molar-refractivity contribution < 1.29 is 9.32 Å². The van der Waals surface area contributed by atoms with Crippen molar-refractivity contribution in [3.63, 3.8) is 0 Å². The number of carbonyl (C=O) groups excluding carboxylic acids is 1. The molecule has 1 atom stereocenters. The third kappa shape index (κ3) is 5.20. The van der Waals surface area contributed by atoms with Crippen molar-refractivity contribution in [3.05, 3.63) is 70.6 Å². The van der Waals surface area contributed by atoms with Gasteiger partial charge in [0.15, 0.2) is 0 Å². The van der Waals surface area contributed by atoms with Crippen LogP contribution in [0.15, 0.2) is 53.1 Å². The van der Waals surface area contributed by atoms with Crippen LogP contribution in [0.25, 0.3) is 11.4 Å². The highest BCUT2D eigenvalue weighted by Gasteiger charge is 2.19. The van der Waals surface area contributed by atoms with Crippen molar-refractivity contribution in [2.45, 2.75) is 39.7 Å². The lowest BCUT2D eigenvalue weighted by Crippen LogP contribution is -2.31. The van der Waals surface area contributed by atoms with E-state index >= 15 is 0 Å². The van der Waals surface area contributed by atoms with Gasteiger partial charge >= 0.3 is 0 Å². The monoisotopic (exact) mass is 397 g/mol. The Hall–Kier alpha value is -2.66. The van der Waals surface area contributed by atoms with E-state index in [1.54, 1.807) is 0 Å². The van der Waals surface area contributed by atoms with E-state index in [-0.39, 0.29) is 24.3 Å². The summed E-state index contributed by atoms with van der Waals surface area (Å²) in [4.78, 5) is 16.9. The van der Waals surface area contributed by atoms with Gasteiger partial charge in [-0.25, -0.2) is 0 Å². The number of aryl methyl sites for hydroxylation is 2. The molecule has 0 radical (unpaired) electrons. The molecule has 0 saturated carbocycles. The predicted molar refractivity (Wildman–Crippen MR) is 110 cm³/mol. The Morgan fingerprint density at radius 1 is 1.11 bits per heavy atom. The molecule has 1 amide bonds. The zero-order valence-electron chi connectivity index (χ0n) is 16.3. The molecular weight excluding hydrogens is 374 g/mol. The second kappa shape index (κ2) is 9.02. The Labute approximate surface area is 170 Å². The normalized spacial score (nSPS) is 12.2. The summed E-state index contributed by atoms with van der Waals surface area (Å²) < 4.78 is 5.29. The lowest BCUT2D eigenvalue weighted by atomic mass is 9.96. The highest BCUT2D eigenvalue weighted by Crippen LogP contribution is 2.23. The van der Waals surface area contributed by atoms with E-state index in [0.29, 0.717) is 23.2 Å². The van der Waals surface area contributed by atoms with E-state index in [0.717, 1.165) is 11.1 Å². The van der Waals surface area contributed by atoms with Crippen LogP contribution < -0.4 is 5.32 Å². The zero-order valence-corrected chi connectivity index (χ0v) is 17.0. The minimum atomic E-state index is -0.0735. The Bertz CT molecular complexity index is 918. The van der Waals surface area contributed by atoms with Crippen molar-refractivity contribution in [1.82, 2.24) is 15.5 Å². The van der Waals surface area contributed by atoms with Gasteiger partial charge in [0, 0.05) is 23.4 Å². The van der Waals surface area contributed by atoms with Crippen molar-refractivity contribution >= 4 is 17.5 Å². The number of hydrogen-bond donors (Lipinski definition) is 1. The van der Waals surface area contributed by atoms with Gasteiger partial charge in [-0.2, -0.15) is 4.98 Å². The second-order valence-electron chi connectivity index (χ2n) is 7.22. The molecule has 0 saturated heterocycles. The fourth-order valence-electron chi connectivity index (χ4n) is 2.95. The lowest BCUT2D eigenvalue weighted by molar-refractivity contribution is -0.122. The molecule has 28 heavy (non-hydrogen) atoms. The van der Waals surface area contributed by atoms with E-state index in [2.05, 4.69) is 29.3 Å². The first-order chi connectivity index (χ1) is 13.4. The summed E-state index contributed by atoms with van der Waals surface area (Å²) in [6.45, 7) is 6.18. The summed E-state index contributed by atoms with van der Waals surface area (Å²) in [5, 5.41) is 7.78. The topological polar surface area (TPSA) is 68.0 Å². The summed E-state index contributed by atoms with van der Waals surface area (Å²) in [5.74, 6) is 1.19. The van der Waals surface area contributed by atoms with Gasteiger partial charge in [-0.3, -0.25) is 4.79 Å². The van der Waals surface area contributed by atoms with Crippen LogP contribution in [0, 0.1) is 12.8 Å². The van der Waals surface area contributed by atoms with Gasteiger partial charge < -0.3 is 9.84 Å². The number of aromatic nitrogens is 2. The fraction of sp³-hybridized carbons (Fsp3) is 0.318. The summed E-state index contributed by atoms with van der Waals surface area (Å²) >= 11 is 5.96. The molecule has 2 aromatic carbocycles. The standard InChI is InChI=1S/C22H24ClN3O2/c1-14(2)21(16-8-10-18(23)11-9-16)24-19(27)12-13-20-25-22(26-28-20)17-6-4-15(3)5-7-17/h4-11,14,21H,12-13H2,1-3H3,(H,24,27). The second-order valence-corrected chi connectivity index (χ2v) is 7.65. The quantitative estimate of drug-likeness (QED) is 0.599.